The summed E-state index contributed by atoms with van der Waals surface area (Å²) in [6, 6.07) is 13.5. The summed E-state index contributed by atoms with van der Waals surface area (Å²) in [5.41, 5.74) is 1.54. The highest BCUT2D eigenvalue weighted by molar-refractivity contribution is 7.89. The zero-order valence-electron chi connectivity index (χ0n) is 14.4. The molecule has 0 aliphatic carbocycles. The van der Waals surface area contributed by atoms with Crippen molar-refractivity contribution in [2.75, 3.05) is 19.0 Å². The highest BCUT2D eigenvalue weighted by atomic mass is 32.2. The van der Waals surface area contributed by atoms with E-state index in [-0.39, 0.29) is 17.4 Å². The Bertz CT molecular complexity index is 830. The van der Waals surface area contributed by atoms with E-state index in [4.69, 9.17) is 4.74 Å². The van der Waals surface area contributed by atoms with Gasteiger partial charge in [0.1, 0.15) is 5.75 Å². The SMILES string of the molecule is CNS(=O)(=O)c1ccc(NC(=O)COc2ccccc2C(C)C)cc1. The number of carbonyl (C=O) groups excluding carboxylic acids is 1. The zero-order chi connectivity index (χ0) is 18.4. The van der Waals surface area contributed by atoms with Gasteiger partial charge in [0.2, 0.25) is 10.0 Å². The molecular formula is C18H22N2O4S. The molecule has 2 aromatic carbocycles. The maximum absolute atomic E-state index is 12.0. The lowest BCUT2D eigenvalue weighted by atomic mass is 10.0. The van der Waals surface area contributed by atoms with Crippen LogP contribution in [0.3, 0.4) is 0 Å². The molecule has 0 saturated carbocycles. The van der Waals surface area contributed by atoms with Gasteiger partial charge in [-0.25, -0.2) is 13.1 Å². The summed E-state index contributed by atoms with van der Waals surface area (Å²) in [4.78, 5) is 12.2. The third-order valence-corrected chi connectivity index (χ3v) is 5.05. The molecule has 134 valence electrons. The fourth-order valence-corrected chi connectivity index (χ4v) is 2.99. The van der Waals surface area contributed by atoms with Gasteiger partial charge >= 0.3 is 0 Å². The van der Waals surface area contributed by atoms with Crippen LogP contribution in [0.1, 0.15) is 25.3 Å². The van der Waals surface area contributed by atoms with Crippen molar-refractivity contribution in [1.29, 1.82) is 0 Å². The topological polar surface area (TPSA) is 84.5 Å². The van der Waals surface area contributed by atoms with Crippen molar-refractivity contribution in [1.82, 2.24) is 4.72 Å². The zero-order valence-corrected chi connectivity index (χ0v) is 15.3. The lowest BCUT2D eigenvalue weighted by Crippen LogP contribution is -2.21. The molecule has 2 aromatic rings. The van der Waals surface area contributed by atoms with Crippen molar-refractivity contribution in [3.8, 4) is 5.75 Å². The van der Waals surface area contributed by atoms with E-state index in [1.807, 2.05) is 24.3 Å². The minimum atomic E-state index is -3.49. The quantitative estimate of drug-likeness (QED) is 0.793. The van der Waals surface area contributed by atoms with Crippen LogP contribution < -0.4 is 14.8 Å². The van der Waals surface area contributed by atoms with Crippen LogP contribution in [0.5, 0.6) is 5.75 Å². The molecule has 0 atom stereocenters. The van der Waals surface area contributed by atoms with Crippen molar-refractivity contribution < 1.29 is 17.9 Å². The molecule has 0 unspecified atom stereocenters. The van der Waals surface area contributed by atoms with Crippen LogP contribution in [0.15, 0.2) is 53.4 Å². The number of anilines is 1. The maximum Gasteiger partial charge on any atom is 0.262 e. The fraction of sp³-hybridized carbons (Fsp3) is 0.278. The molecule has 25 heavy (non-hydrogen) atoms. The van der Waals surface area contributed by atoms with Gasteiger partial charge in [0, 0.05) is 5.69 Å². The molecule has 0 aliphatic rings. The molecule has 0 spiro atoms. The summed E-state index contributed by atoms with van der Waals surface area (Å²) in [6.07, 6.45) is 0. The second kappa shape index (κ2) is 8.13. The molecular weight excluding hydrogens is 340 g/mol. The standard InChI is InChI=1S/C18H22N2O4S/c1-13(2)16-6-4-5-7-17(16)24-12-18(21)20-14-8-10-15(11-9-14)25(22,23)19-3/h4-11,13,19H,12H2,1-3H3,(H,20,21). The number of ether oxygens (including phenoxy) is 1. The van der Waals surface area contributed by atoms with Gasteiger partial charge in [0.05, 0.1) is 4.90 Å². The molecule has 7 heteroatoms. The van der Waals surface area contributed by atoms with Crippen LogP contribution in [0, 0.1) is 0 Å². The predicted octanol–water partition coefficient (Wildman–Crippen LogP) is 2.74. The van der Waals surface area contributed by atoms with Crippen LogP contribution >= 0.6 is 0 Å². The van der Waals surface area contributed by atoms with Gasteiger partial charge in [-0.2, -0.15) is 0 Å². The Morgan fingerprint density at radius 2 is 1.72 bits per heavy atom. The number of carbonyl (C=O) groups is 1. The van der Waals surface area contributed by atoms with E-state index in [1.54, 1.807) is 0 Å². The van der Waals surface area contributed by atoms with Crippen molar-refractivity contribution in [3.63, 3.8) is 0 Å². The molecule has 0 heterocycles. The number of sulfonamides is 1. The summed E-state index contributed by atoms with van der Waals surface area (Å²) in [5.74, 6) is 0.659. The van der Waals surface area contributed by atoms with Crippen LogP contribution in [-0.4, -0.2) is 28.0 Å². The van der Waals surface area contributed by atoms with Crippen molar-refractivity contribution >= 4 is 21.6 Å². The van der Waals surface area contributed by atoms with E-state index in [1.165, 1.54) is 31.3 Å². The summed E-state index contributed by atoms with van der Waals surface area (Å²) < 4.78 is 31.2. The average molecular weight is 362 g/mol. The van der Waals surface area contributed by atoms with E-state index in [0.29, 0.717) is 17.4 Å². The Balaban J connectivity index is 1.97. The normalized spacial score (nSPS) is 11.4. The van der Waals surface area contributed by atoms with Gasteiger partial charge in [0.25, 0.3) is 5.91 Å². The molecule has 2 rings (SSSR count). The third kappa shape index (κ3) is 5.04. The highest BCUT2D eigenvalue weighted by Gasteiger charge is 2.12. The number of hydrogen-bond acceptors (Lipinski definition) is 4. The minimum absolute atomic E-state index is 0.125. The molecule has 0 bridgehead atoms. The predicted molar refractivity (Wildman–Crippen MR) is 97.3 cm³/mol. The Labute approximate surface area is 148 Å². The molecule has 0 aromatic heterocycles. The van der Waals surface area contributed by atoms with Gasteiger partial charge < -0.3 is 10.1 Å². The van der Waals surface area contributed by atoms with Gasteiger partial charge in [-0.3, -0.25) is 4.79 Å². The third-order valence-electron chi connectivity index (χ3n) is 3.62. The van der Waals surface area contributed by atoms with Crippen molar-refractivity contribution in [2.45, 2.75) is 24.7 Å². The first kappa shape index (κ1) is 19.0. The van der Waals surface area contributed by atoms with Crippen molar-refractivity contribution in [2.24, 2.45) is 0 Å². The van der Waals surface area contributed by atoms with E-state index in [9.17, 15) is 13.2 Å². The summed E-state index contributed by atoms with van der Waals surface area (Å²) in [5, 5.41) is 2.68. The second-order valence-electron chi connectivity index (χ2n) is 5.76. The van der Waals surface area contributed by atoms with Crippen LogP contribution in [-0.2, 0) is 14.8 Å². The van der Waals surface area contributed by atoms with Gasteiger partial charge in [0.15, 0.2) is 6.61 Å². The first-order valence-corrected chi connectivity index (χ1v) is 9.37. The monoisotopic (exact) mass is 362 g/mol. The number of benzene rings is 2. The number of nitrogens with one attached hydrogen (secondary N) is 2. The Kier molecular flexibility index (Phi) is 6.17. The van der Waals surface area contributed by atoms with Gasteiger partial charge in [-0.15, -0.1) is 0 Å². The molecule has 0 saturated heterocycles. The largest absolute Gasteiger partial charge is 0.483 e. The van der Waals surface area contributed by atoms with E-state index >= 15 is 0 Å². The first-order valence-electron chi connectivity index (χ1n) is 7.88. The summed E-state index contributed by atoms with van der Waals surface area (Å²) >= 11 is 0. The molecule has 1 amide bonds. The molecule has 0 aliphatic heterocycles. The second-order valence-corrected chi connectivity index (χ2v) is 7.65. The smallest absolute Gasteiger partial charge is 0.262 e. The van der Waals surface area contributed by atoms with Gasteiger partial charge in [-0.1, -0.05) is 32.0 Å². The summed E-state index contributed by atoms with van der Waals surface area (Å²) in [6.45, 7) is 3.99. The number of para-hydroxylation sites is 1. The van der Waals surface area contributed by atoms with E-state index in [0.717, 1.165) is 5.56 Å². The first-order chi connectivity index (χ1) is 11.8. The average Bonchev–Trinajstić information content (AvgIpc) is 2.60. The Hall–Kier alpha value is -2.38. The molecule has 2 N–H and O–H groups in total. The van der Waals surface area contributed by atoms with Gasteiger partial charge in [-0.05, 0) is 48.9 Å². The number of amides is 1. The fourth-order valence-electron chi connectivity index (χ4n) is 2.26. The lowest BCUT2D eigenvalue weighted by molar-refractivity contribution is -0.118. The number of rotatable bonds is 7. The summed E-state index contributed by atoms with van der Waals surface area (Å²) in [7, 11) is -2.15. The van der Waals surface area contributed by atoms with E-state index in [2.05, 4.69) is 23.9 Å². The highest BCUT2D eigenvalue weighted by Crippen LogP contribution is 2.25. The van der Waals surface area contributed by atoms with Crippen LogP contribution in [0.25, 0.3) is 0 Å². The Morgan fingerprint density at radius 3 is 2.32 bits per heavy atom. The van der Waals surface area contributed by atoms with E-state index < -0.39 is 10.0 Å². The molecule has 6 nitrogen and oxygen atoms in total. The lowest BCUT2D eigenvalue weighted by Gasteiger charge is -2.13. The van der Waals surface area contributed by atoms with Crippen LogP contribution in [0.2, 0.25) is 0 Å². The maximum atomic E-state index is 12.0. The minimum Gasteiger partial charge on any atom is -0.483 e. The van der Waals surface area contributed by atoms with Crippen molar-refractivity contribution in [3.05, 3.63) is 54.1 Å². The van der Waals surface area contributed by atoms with Crippen LogP contribution in [0.4, 0.5) is 5.69 Å². The number of hydrogen-bond donors (Lipinski definition) is 2. The molecule has 0 radical (unpaired) electrons. The Morgan fingerprint density at radius 1 is 1.08 bits per heavy atom. The molecule has 0 fully saturated rings.